The molecule has 0 aromatic heterocycles. The van der Waals surface area contributed by atoms with Gasteiger partial charge in [-0.1, -0.05) is 18.9 Å². The quantitative estimate of drug-likeness (QED) is 0.581. The zero-order valence-corrected chi connectivity index (χ0v) is 16.0. The molecule has 1 aromatic rings. The number of ether oxygens (including phenoxy) is 2. The van der Waals surface area contributed by atoms with Gasteiger partial charge in [0.15, 0.2) is 5.60 Å². The largest absolute Gasteiger partial charge is 0.497 e. The molecule has 3 heteroatoms. The minimum absolute atomic E-state index is 0.113. The van der Waals surface area contributed by atoms with E-state index < -0.39 is 5.60 Å². The van der Waals surface area contributed by atoms with Crippen LogP contribution in [0.5, 0.6) is 5.75 Å². The molecule has 2 saturated carbocycles. The average molecular weight is 352 g/mol. The molecule has 2 fully saturated rings. The predicted octanol–water partition coefficient (Wildman–Crippen LogP) is 4.49. The maximum absolute atomic E-state index is 11.8. The summed E-state index contributed by atoms with van der Waals surface area (Å²) < 4.78 is 11.2. The number of hydrogen-bond acceptors (Lipinski definition) is 3. The van der Waals surface area contributed by atoms with Crippen molar-refractivity contribution in [1.29, 1.82) is 0 Å². The summed E-state index contributed by atoms with van der Waals surface area (Å²) in [7, 11) is 1.73. The van der Waals surface area contributed by atoms with Crippen molar-refractivity contribution in [2.75, 3.05) is 7.11 Å². The monoisotopic (exact) mass is 352 g/mol. The smallest absolute Gasteiger partial charge is 0.304 e. The van der Waals surface area contributed by atoms with E-state index in [2.05, 4.69) is 31.0 Å². The molecular formula is C23H28O3. The van der Waals surface area contributed by atoms with Crippen LogP contribution in [0.2, 0.25) is 0 Å². The van der Waals surface area contributed by atoms with Crippen molar-refractivity contribution in [2.45, 2.75) is 63.9 Å². The number of esters is 1. The van der Waals surface area contributed by atoms with Crippen LogP contribution in [-0.4, -0.2) is 18.7 Å². The lowest BCUT2D eigenvalue weighted by Crippen LogP contribution is -2.52. The third kappa shape index (κ3) is 2.31. The molecule has 5 atom stereocenters. The van der Waals surface area contributed by atoms with Gasteiger partial charge in [-0.05, 0) is 79.5 Å². The zero-order valence-electron chi connectivity index (χ0n) is 16.0. The maximum Gasteiger partial charge on any atom is 0.304 e. The van der Waals surface area contributed by atoms with Crippen molar-refractivity contribution in [3.63, 3.8) is 0 Å². The number of carbonyl (C=O) groups is 1. The second kappa shape index (κ2) is 6.05. The predicted molar refractivity (Wildman–Crippen MR) is 101 cm³/mol. The first-order chi connectivity index (χ1) is 12.4. The highest BCUT2D eigenvalue weighted by molar-refractivity contribution is 5.67. The van der Waals surface area contributed by atoms with E-state index in [-0.39, 0.29) is 11.4 Å². The second-order valence-electron chi connectivity index (χ2n) is 8.54. The summed E-state index contributed by atoms with van der Waals surface area (Å²) in [5.41, 5.74) is 2.10. The number of rotatable bonds is 2. The number of hydrogen-bond donors (Lipinski definition) is 0. The fourth-order valence-corrected chi connectivity index (χ4v) is 6.36. The Kier molecular flexibility index (Phi) is 4.06. The van der Waals surface area contributed by atoms with E-state index in [1.54, 1.807) is 7.11 Å². The van der Waals surface area contributed by atoms with Gasteiger partial charge in [0, 0.05) is 12.3 Å². The Morgan fingerprint density at radius 2 is 2.08 bits per heavy atom. The molecule has 0 aliphatic heterocycles. The van der Waals surface area contributed by atoms with Gasteiger partial charge in [0.25, 0.3) is 0 Å². The first-order valence-electron chi connectivity index (χ1n) is 9.78. The van der Waals surface area contributed by atoms with Crippen molar-refractivity contribution < 1.29 is 14.3 Å². The number of carbonyl (C=O) groups excluding carboxylic acids is 1. The molecule has 4 rings (SSSR count). The molecule has 26 heavy (non-hydrogen) atoms. The molecule has 138 valence electrons. The minimum Gasteiger partial charge on any atom is -0.497 e. The van der Waals surface area contributed by atoms with E-state index in [0.717, 1.165) is 37.9 Å². The number of methoxy groups -OCH3 is 1. The van der Waals surface area contributed by atoms with Crippen molar-refractivity contribution in [3.05, 3.63) is 29.3 Å². The van der Waals surface area contributed by atoms with Crippen LogP contribution in [0.3, 0.4) is 0 Å². The topological polar surface area (TPSA) is 35.5 Å². The summed E-state index contributed by atoms with van der Waals surface area (Å²) >= 11 is 0. The third-order valence-corrected chi connectivity index (χ3v) is 7.60. The molecule has 0 amide bonds. The van der Waals surface area contributed by atoms with E-state index >= 15 is 0 Å². The summed E-state index contributed by atoms with van der Waals surface area (Å²) in [5.74, 6) is 5.35. The van der Waals surface area contributed by atoms with Crippen molar-refractivity contribution >= 4 is 5.97 Å². The number of benzene rings is 1. The van der Waals surface area contributed by atoms with Gasteiger partial charge in [-0.2, -0.15) is 0 Å². The van der Waals surface area contributed by atoms with Gasteiger partial charge in [0.1, 0.15) is 5.75 Å². The van der Waals surface area contributed by atoms with Gasteiger partial charge in [-0.15, -0.1) is 6.42 Å². The molecule has 0 N–H and O–H groups in total. The van der Waals surface area contributed by atoms with E-state index in [4.69, 9.17) is 15.9 Å². The Hall–Kier alpha value is -1.95. The molecule has 0 radical (unpaired) electrons. The Morgan fingerprint density at radius 3 is 2.77 bits per heavy atom. The van der Waals surface area contributed by atoms with Crippen LogP contribution in [0.4, 0.5) is 0 Å². The number of terminal acetylenes is 1. The molecule has 1 aromatic carbocycles. The molecule has 3 aliphatic rings. The second-order valence-corrected chi connectivity index (χ2v) is 8.54. The van der Waals surface area contributed by atoms with Crippen LogP contribution >= 0.6 is 0 Å². The molecule has 0 unspecified atom stereocenters. The molecule has 0 heterocycles. The molecule has 3 nitrogen and oxygen atoms in total. The molecular weight excluding hydrogens is 324 g/mol. The molecule has 0 spiro atoms. The minimum atomic E-state index is -0.728. The number of aryl methyl sites for hydroxylation is 1. The van der Waals surface area contributed by atoms with Gasteiger partial charge in [-0.3, -0.25) is 4.79 Å². The maximum atomic E-state index is 11.8. The van der Waals surface area contributed by atoms with Gasteiger partial charge < -0.3 is 9.47 Å². The fourth-order valence-electron chi connectivity index (χ4n) is 6.36. The Morgan fingerprint density at radius 1 is 1.27 bits per heavy atom. The summed E-state index contributed by atoms with van der Waals surface area (Å²) in [5, 5.41) is 0. The Labute approximate surface area is 156 Å². The summed E-state index contributed by atoms with van der Waals surface area (Å²) in [4.78, 5) is 11.8. The van der Waals surface area contributed by atoms with Crippen LogP contribution < -0.4 is 4.74 Å². The highest BCUT2D eigenvalue weighted by atomic mass is 16.6. The highest BCUT2D eigenvalue weighted by Crippen LogP contribution is 2.65. The van der Waals surface area contributed by atoms with Gasteiger partial charge >= 0.3 is 5.97 Å². The van der Waals surface area contributed by atoms with Gasteiger partial charge in [0.2, 0.25) is 0 Å². The van der Waals surface area contributed by atoms with Crippen LogP contribution in [0.15, 0.2) is 18.2 Å². The first kappa shape index (κ1) is 17.5. The summed E-state index contributed by atoms with van der Waals surface area (Å²) in [6, 6.07) is 6.57. The lowest BCUT2D eigenvalue weighted by Gasteiger charge is -2.52. The zero-order chi connectivity index (χ0) is 18.5. The van der Waals surface area contributed by atoms with E-state index in [0.29, 0.717) is 17.8 Å². The van der Waals surface area contributed by atoms with Crippen LogP contribution in [0, 0.1) is 29.6 Å². The molecule has 3 aliphatic carbocycles. The lowest BCUT2D eigenvalue weighted by molar-refractivity contribution is -0.165. The van der Waals surface area contributed by atoms with Gasteiger partial charge in [-0.25, -0.2) is 0 Å². The Balaban J connectivity index is 1.68. The lowest BCUT2D eigenvalue weighted by atomic mass is 9.53. The summed E-state index contributed by atoms with van der Waals surface area (Å²) in [6.45, 7) is 3.75. The average Bonchev–Trinajstić information content (AvgIpc) is 2.93. The summed E-state index contributed by atoms with van der Waals surface area (Å²) in [6.07, 6.45) is 12.2. The van der Waals surface area contributed by atoms with Crippen LogP contribution in [-0.2, 0) is 16.0 Å². The van der Waals surface area contributed by atoms with Crippen molar-refractivity contribution in [2.24, 2.45) is 17.3 Å². The van der Waals surface area contributed by atoms with E-state index in [1.165, 1.54) is 24.5 Å². The van der Waals surface area contributed by atoms with Crippen LogP contribution in [0.1, 0.15) is 63.0 Å². The third-order valence-electron chi connectivity index (χ3n) is 7.60. The highest BCUT2D eigenvalue weighted by Gasteiger charge is 2.63. The van der Waals surface area contributed by atoms with Crippen LogP contribution in [0.25, 0.3) is 0 Å². The normalized spacial score (nSPS) is 37.7. The van der Waals surface area contributed by atoms with E-state index in [1.807, 2.05) is 0 Å². The standard InChI is InChI=1S/C23H28O3/c1-5-23(26-15(2)24)13-11-21-20-8-6-16-14-17(25-4)7-9-18(16)19(20)10-12-22(21,23)3/h1,7,9,14,19-21H,6,8,10-13H2,2-4H3/t19-,20+,21+,22+,23-/m1/s1. The van der Waals surface area contributed by atoms with Crippen molar-refractivity contribution in [1.82, 2.24) is 0 Å². The fraction of sp³-hybridized carbons (Fsp3) is 0.609. The Bertz CT molecular complexity index is 776. The first-order valence-corrected chi connectivity index (χ1v) is 9.78. The van der Waals surface area contributed by atoms with Crippen molar-refractivity contribution in [3.8, 4) is 18.1 Å². The van der Waals surface area contributed by atoms with E-state index in [9.17, 15) is 4.79 Å². The van der Waals surface area contributed by atoms with Gasteiger partial charge in [0.05, 0.1) is 7.11 Å². The molecule has 0 bridgehead atoms. The number of fused-ring (bicyclic) bond motifs is 5. The molecule has 0 saturated heterocycles. The SMILES string of the molecule is C#C[C@@]1(OC(C)=O)CC[C@H]2[C@H]3CCc4cc(OC)ccc4[C@H]3CC[C@@]21C.